The van der Waals surface area contributed by atoms with Gasteiger partial charge in [0.25, 0.3) is 0 Å². The van der Waals surface area contributed by atoms with Crippen LogP contribution in [-0.4, -0.2) is 46.2 Å². The normalized spacial score (nSPS) is 14.6. The molecule has 0 N–H and O–H groups in total. The summed E-state index contributed by atoms with van der Waals surface area (Å²) in [5, 5.41) is 0. The van der Waals surface area contributed by atoms with Crippen LogP contribution in [0.3, 0.4) is 0 Å². The molecule has 1 fully saturated rings. The molecule has 0 aliphatic carbocycles. The molecule has 36 heavy (non-hydrogen) atoms. The molecule has 184 valence electrons. The number of halogens is 3. The summed E-state index contributed by atoms with van der Waals surface area (Å²) in [5.41, 5.74) is 3.09. The molecular formula is C26H21F3N4O2S. The van der Waals surface area contributed by atoms with E-state index < -0.39 is 11.7 Å². The lowest BCUT2D eigenvalue weighted by Gasteiger charge is -2.27. The van der Waals surface area contributed by atoms with E-state index in [1.54, 1.807) is 24.7 Å². The van der Waals surface area contributed by atoms with Crippen molar-refractivity contribution in [3.8, 4) is 11.8 Å². The molecule has 1 aliphatic rings. The van der Waals surface area contributed by atoms with Gasteiger partial charge in [-0.15, -0.1) is 0 Å². The van der Waals surface area contributed by atoms with Crippen molar-refractivity contribution in [1.82, 2.24) is 19.9 Å². The first-order chi connectivity index (χ1) is 17.4. The van der Waals surface area contributed by atoms with Crippen molar-refractivity contribution in [2.75, 3.05) is 26.3 Å². The van der Waals surface area contributed by atoms with Crippen LogP contribution in [-0.2, 0) is 17.5 Å². The van der Waals surface area contributed by atoms with Crippen LogP contribution in [0.4, 0.5) is 13.2 Å². The predicted molar refractivity (Wildman–Crippen MR) is 128 cm³/mol. The highest BCUT2D eigenvalue weighted by Crippen LogP contribution is 2.39. The first-order valence-corrected chi connectivity index (χ1v) is 12.0. The van der Waals surface area contributed by atoms with E-state index >= 15 is 0 Å². The highest BCUT2D eigenvalue weighted by molar-refractivity contribution is 7.99. The molecule has 10 heteroatoms. The van der Waals surface area contributed by atoms with Gasteiger partial charge in [0.1, 0.15) is 18.1 Å². The van der Waals surface area contributed by atoms with Gasteiger partial charge in [0.2, 0.25) is 0 Å². The van der Waals surface area contributed by atoms with Crippen molar-refractivity contribution in [2.45, 2.75) is 29.4 Å². The summed E-state index contributed by atoms with van der Waals surface area (Å²) in [6, 6.07) is 4.17. The van der Waals surface area contributed by atoms with E-state index in [-0.39, 0.29) is 0 Å². The minimum absolute atomic E-state index is 0.424. The minimum Gasteiger partial charge on any atom is -0.460 e. The van der Waals surface area contributed by atoms with Crippen molar-refractivity contribution in [1.29, 1.82) is 0 Å². The number of ether oxygens (including phenoxy) is 1. The second-order valence-electron chi connectivity index (χ2n) is 8.33. The summed E-state index contributed by atoms with van der Waals surface area (Å²) in [4.78, 5) is 15.6. The maximum absolute atomic E-state index is 13.7. The van der Waals surface area contributed by atoms with Crippen molar-refractivity contribution in [2.24, 2.45) is 0 Å². The Morgan fingerprint density at radius 1 is 1.06 bits per heavy atom. The number of furan rings is 1. The van der Waals surface area contributed by atoms with Crippen LogP contribution < -0.4 is 0 Å². The molecule has 0 unspecified atom stereocenters. The third-order valence-electron chi connectivity index (χ3n) is 5.66. The summed E-state index contributed by atoms with van der Waals surface area (Å²) in [7, 11) is 0. The molecule has 0 radical (unpaired) electrons. The molecule has 0 spiro atoms. The highest BCUT2D eigenvalue weighted by atomic mass is 32.2. The second-order valence-corrected chi connectivity index (χ2v) is 9.44. The molecule has 6 nitrogen and oxygen atoms in total. The minimum atomic E-state index is -4.45. The number of benzene rings is 1. The number of fused-ring (bicyclic) bond motifs is 1. The molecule has 0 atom stereocenters. The van der Waals surface area contributed by atoms with E-state index in [0.29, 0.717) is 70.4 Å². The Labute approximate surface area is 209 Å². The fourth-order valence-electron chi connectivity index (χ4n) is 3.89. The highest BCUT2D eigenvalue weighted by Gasteiger charge is 2.31. The lowest BCUT2D eigenvalue weighted by molar-refractivity contribution is -0.137. The van der Waals surface area contributed by atoms with Gasteiger partial charge < -0.3 is 9.15 Å². The summed E-state index contributed by atoms with van der Waals surface area (Å²) in [6.07, 6.45) is 3.40. The van der Waals surface area contributed by atoms with Crippen LogP contribution in [0, 0.1) is 18.8 Å². The van der Waals surface area contributed by atoms with E-state index in [4.69, 9.17) is 9.15 Å². The largest absolute Gasteiger partial charge is 0.460 e. The van der Waals surface area contributed by atoms with E-state index in [1.165, 1.54) is 30.4 Å². The number of alkyl halides is 3. The summed E-state index contributed by atoms with van der Waals surface area (Å²) < 4.78 is 52.2. The van der Waals surface area contributed by atoms with Crippen LogP contribution in [0.1, 0.15) is 27.8 Å². The molecule has 3 aromatic heterocycles. The quantitative estimate of drug-likeness (QED) is 0.344. The van der Waals surface area contributed by atoms with Gasteiger partial charge in [-0.1, -0.05) is 23.6 Å². The lowest BCUT2D eigenvalue weighted by atomic mass is 10.1. The third-order valence-corrected chi connectivity index (χ3v) is 6.65. The number of morpholine rings is 1. The maximum Gasteiger partial charge on any atom is 0.416 e. The van der Waals surface area contributed by atoms with Crippen molar-refractivity contribution < 1.29 is 22.3 Å². The molecule has 4 aromatic rings. The van der Waals surface area contributed by atoms with Gasteiger partial charge in [-0.05, 0) is 36.2 Å². The van der Waals surface area contributed by atoms with E-state index in [9.17, 15) is 13.2 Å². The van der Waals surface area contributed by atoms with Crippen LogP contribution >= 0.6 is 11.8 Å². The van der Waals surface area contributed by atoms with Gasteiger partial charge in [-0.25, -0.2) is 9.97 Å². The van der Waals surface area contributed by atoms with E-state index in [2.05, 4.69) is 31.7 Å². The lowest BCUT2D eigenvalue weighted by Crippen LogP contribution is -2.35. The van der Waals surface area contributed by atoms with Gasteiger partial charge in [0, 0.05) is 43.1 Å². The summed E-state index contributed by atoms with van der Waals surface area (Å²) in [5.74, 6) is 6.11. The number of rotatable bonds is 4. The van der Waals surface area contributed by atoms with Crippen LogP contribution in [0.25, 0.3) is 11.1 Å². The number of aryl methyl sites for hydroxylation is 1. The number of hydrogen-bond donors (Lipinski definition) is 0. The smallest absolute Gasteiger partial charge is 0.416 e. The zero-order valence-corrected chi connectivity index (χ0v) is 20.1. The van der Waals surface area contributed by atoms with Crippen molar-refractivity contribution in [3.63, 3.8) is 0 Å². The fourth-order valence-corrected chi connectivity index (χ4v) is 4.87. The maximum atomic E-state index is 13.7. The van der Waals surface area contributed by atoms with Crippen molar-refractivity contribution in [3.05, 3.63) is 77.2 Å². The average molecular weight is 511 g/mol. The van der Waals surface area contributed by atoms with Gasteiger partial charge in [-0.3, -0.25) is 9.88 Å². The molecule has 1 saturated heterocycles. The molecule has 0 bridgehead atoms. The Morgan fingerprint density at radius 2 is 1.83 bits per heavy atom. The van der Waals surface area contributed by atoms with Crippen LogP contribution in [0.2, 0.25) is 0 Å². The Morgan fingerprint density at radius 3 is 2.58 bits per heavy atom. The average Bonchev–Trinajstić information content (AvgIpc) is 3.26. The first kappa shape index (κ1) is 24.3. The Hall–Kier alpha value is -3.39. The fraction of sp³-hybridized carbons (Fsp3) is 0.269. The van der Waals surface area contributed by atoms with Gasteiger partial charge in [-0.2, -0.15) is 13.2 Å². The Kier molecular flexibility index (Phi) is 6.96. The van der Waals surface area contributed by atoms with Gasteiger partial charge in [0.15, 0.2) is 5.58 Å². The Balaban J connectivity index is 1.48. The van der Waals surface area contributed by atoms with E-state index in [0.717, 1.165) is 11.6 Å². The second kappa shape index (κ2) is 10.3. The predicted octanol–water partition coefficient (Wildman–Crippen LogP) is 5.33. The SMILES string of the molecule is Cc1cnc2c(Sc3cc(CN4CCOCC4)cc(C(F)(F)F)c3)coc2c1C#Cc1cncnc1. The van der Waals surface area contributed by atoms with Crippen LogP contribution in [0.5, 0.6) is 0 Å². The molecule has 0 amide bonds. The molecule has 5 rings (SSSR count). The monoisotopic (exact) mass is 510 g/mol. The molecule has 0 saturated carbocycles. The standard InChI is InChI=1S/C26H21F3N4O2S/c1-17-11-32-24-23(15-35-25(24)22(17)3-2-18-12-30-16-31-13-18)36-21-9-19(8-20(10-21)26(27,28)29)14-33-4-6-34-7-5-33/h8-13,15-16H,4-7,14H2,1H3. The molecule has 4 heterocycles. The molecule has 1 aliphatic heterocycles. The zero-order chi connectivity index (χ0) is 25.1. The van der Waals surface area contributed by atoms with E-state index in [1.807, 2.05) is 6.92 Å². The Bertz CT molecular complexity index is 1440. The molecular weight excluding hydrogens is 489 g/mol. The number of pyridine rings is 1. The summed E-state index contributed by atoms with van der Waals surface area (Å²) >= 11 is 1.19. The zero-order valence-electron chi connectivity index (χ0n) is 19.3. The third kappa shape index (κ3) is 5.54. The summed E-state index contributed by atoms with van der Waals surface area (Å²) in [6.45, 7) is 4.83. The number of nitrogens with zero attached hydrogens (tertiary/aromatic N) is 4. The van der Waals surface area contributed by atoms with Crippen molar-refractivity contribution >= 4 is 22.9 Å². The van der Waals surface area contributed by atoms with Gasteiger partial charge in [0.05, 0.1) is 34.8 Å². The number of aromatic nitrogens is 3. The first-order valence-electron chi connectivity index (χ1n) is 11.2. The number of hydrogen-bond acceptors (Lipinski definition) is 7. The van der Waals surface area contributed by atoms with Gasteiger partial charge >= 0.3 is 6.18 Å². The molecule has 1 aromatic carbocycles. The van der Waals surface area contributed by atoms with Crippen LogP contribution in [0.15, 0.2) is 63.6 Å². The topological polar surface area (TPSA) is 64.3 Å².